The minimum Gasteiger partial charge on any atom is -0.477 e. The van der Waals surface area contributed by atoms with Gasteiger partial charge in [-0.1, -0.05) is 0 Å². The molecular formula is C18H22N8O2. The highest BCUT2D eigenvalue weighted by molar-refractivity contribution is 6.07. The first-order chi connectivity index (χ1) is 13.6. The van der Waals surface area contributed by atoms with Gasteiger partial charge in [-0.25, -0.2) is 9.97 Å². The molecular weight excluding hydrogens is 360 g/mol. The molecule has 0 bridgehead atoms. The van der Waals surface area contributed by atoms with Crippen LogP contribution in [0.25, 0.3) is 11.0 Å². The summed E-state index contributed by atoms with van der Waals surface area (Å²) in [5.41, 5.74) is 0.859. The molecule has 146 valence electrons. The lowest BCUT2D eigenvalue weighted by Crippen LogP contribution is -2.43. The van der Waals surface area contributed by atoms with Gasteiger partial charge in [-0.2, -0.15) is 10.1 Å². The fraction of sp³-hybridized carbons (Fsp3) is 0.389. The Balaban J connectivity index is 1.54. The van der Waals surface area contributed by atoms with Gasteiger partial charge in [0.25, 0.3) is 5.91 Å². The maximum Gasteiger partial charge on any atom is 0.262 e. The molecule has 0 aromatic carbocycles. The van der Waals surface area contributed by atoms with Crippen molar-refractivity contribution in [1.29, 1.82) is 0 Å². The van der Waals surface area contributed by atoms with Crippen molar-refractivity contribution in [3.05, 3.63) is 30.2 Å². The normalized spacial score (nSPS) is 14.3. The Kier molecular flexibility index (Phi) is 5.02. The van der Waals surface area contributed by atoms with Crippen molar-refractivity contribution in [2.24, 2.45) is 7.05 Å². The summed E-state index contributed by atoms with van der Waals surface area (Å²) in [6.07, 6.45) is 5.04. The number of amides is 1. The van der Waals surface area contributed by atoms with E-state index in [0.29, 0.717) is 23.6 Å². The Morgan fingerprint density at radius 2 is 2.11 bits per heavy atom. The Morgan fingerprint density at radius 3 is 2.82 bits per heavy atom. The van der Waals surface area contributed by atoms with Crippen molar-refractivity contribution in [3.8, 4) is 5.88 Å². The zero-order valence-electron chi connectivity index (χ0n) is 15.8. The third-order valence-corrected chi connectivity index (χ3v) is 4.42. The number of ether oxygens (including phenoxy) is 1. The summed E-state index contributed by atoms with van der Waals surface area (Å²) in [4.78, 5) is 28.1. The summed E-state index contributed by atoms with van der Waals surface area (Å²) in [6, 6.07) is 1.72. The molecule has 1 amide bonds. The average molecular weight is 382 g/mol. The number of nitrogens with zero attached hydrogens (tertiary/aromatic N) is 6. The van der Waals surface area contributed by atoms with Crippen LogP contribution in [0.1, 0.15) is 17.3 Å². The molecule has 4 heterocycles. The highest BCUT2D eigenvalue weighted by Crippen LogP contribution is 2.23. The van der Waals surface area contributed by atoms with Crippen molar-refractivity contribution in [3.63, 3.8) is 0 Å². The minimum absolute atomic E-state index is 0.247. The molecule has 3 aromatic heterocycles. The number of aromatic nitrogens is 5. The summed E-state index contributed by atoms with van der Waals surface area (Å²) in [6.45, 7) is 5.84. The quantitative estimate of drug-likeness (QED) is 0.667. The van der Waals surface area contributed by atoms with E-state index >= 15 is 0 Å². The standard InChI is InChI=1S/C18H22N8O2/c1-3-28-18-13(8-12-11-25(2)24-16(12)23-18)17(27)22-14-9-21-15(10-20-14)26-6-4-19-5-7-26/h8-11,19H,3-7H2,1-2H3,(H,20,22,27). The van der Waals surface area contributed by atoms with Gasteiger partial charge in [-0.15, -0.1) is 0 Å². The Hall–Kier alpha value is -3.27. The molecule has 28 heavy (non-hydrogen) atoms. The van der Waals surface area contributed by atoms with E-state index in [1.807, 2.05) is 6.92 Å². The second-order valence-corrected chi connectivity index (χ2v) is 6.44. The summed E-state index contributed by atoms with van der Waals surface area (Å²) >= 11 is 0. The molecule has 0 spiro atoms. The molecule has 1 fully saturated rings. The Morgan fingerprint density at radius 1 is 1.29 bits per heavy atom. The van der Waals surface area contributed by atoms with Crippen LogP contribution >= 0.6 is 0 Å². The van der Waals surface area contributed by atoms with E-state index in [-0.39, 0.29) is 11.8 Å². The smallest absolute Gasteiger partial charge is 0.262 e. The number of aryl methyl sites for hydroxylation is 1. The van der Waals surface area contributed by atoms with E-state index in [0.717, 1.165) is 37.4 Å². The van der Waals surface area contributed by atoms with Gasteiger partial charge in [-0.05, 0) is 13.0 Å². The number of piperazine rings is 1. The number of pyridine rings is 1. The van der Waals surface area contributed by atoms with Crippen molar-refractivity contribution >= 4 is 28.6 Å². The van der Waals surface area contributed by atoms with Crippen LogP contribution in [0.4, 0.5) is 11.6 Å². The molecule has 0 unspecified atom stereocenters. The van der Waals surface area contributed by atoms with Crippen LogP contribution in [0.15, 0.2) is 24.7 Å². The zero-order chi connectivity index (χ0) is 19.5. The fourth-order valence-corrected chi connectivity index (χ4v) is 3.09. The van der Waals surface area contributed by atoms with Crippen LogP contribution in [0.3, 0.4) is 0 Å². The van der Waals surface area contributed by atoms with Crippen molar-refractivity contribution in [2.75, 3.05) is 43.0 Å². The molecule has 0 saturated carbocycles. The topological polar surface area (TPSA) is 110 Å². The molecule has 10 nitrogen and oxygen atoms in total. The lowest BCUT2D eigenvalue weighted by atomic mass is 10.2. The molecule has 0 aliphatic carbocycles. The maximum atomic E-state index is 12.8. The van der Waals surface area contributed by atoms with E-state index < -0.39 is 0 Å². The molecule has 2 N–H and O–H groups in total. The third-order valence-electron chi connectivity index (χ3n) is 4.42. The van der Waals surface area contributed by atoms with Crippen LogP contribution in [0.2, 0.25) is 0 Å². The van der Waals surface area contributed by atoms with Crippen LogP contribution in [-0.4, -0.2) is 63.4 Å². The number of anilines is 2. The van der Waals surface area contributed by atoms with Crippen molar-refractivity contribution in [2.45, 2.75) is 6.92 Å². The lowest BCUT2D eigenvalue weighted by Gasteiger charge is -2.28. The van der Waals surface area contributed by atoms with E-state index in [1.165, 1.54) is 0 Å². The van der Waals surface area contributed by atoms with E-state index in [1.54, 1.807) is 36.4 Å². The van der Waals surface area contributed by atoms with Gasteiger partial charge < -0.3 is 20.3 Å². The Labute approximate surface area is 161 Å². The molecule has 1 aliphatic heterocycles. The predicted molar refractivity (Wildman–Crippen MR) is 105 cm³/mol. The summed E-state index contributed by atoms with van der Waals surface area (Å²) in [5.74, 6) is 1.06. The van der Waals surface area contributed by atoms with Crippen LogP contribution in [-0.2, 0) is 7.05 Å². The average Bonchev–Trinajstić information content (AvgIpc) is 3.08. The first kappa shape index (κ1) is 18.1. The third kappa shape index (κ3) is 3.72. The lowest BCUT2D eigenvalue weighted by molar-refractivity contribution is 0.102. The molecule has 3 aromatic rings. The molecule has 1 saturated heterocycles. The van der Waals surface area contributed by atoms with Gasteiger partial charge in [0.05, 0.1) is 19.0 Å². The maximum absolute atomic E-state index is 12.8. The Bertz CT molecular complexity index is 979. The van der Waals surface area contributed by atoms with Gasteiger partial charge in [0, 0.05) is 44.8 Å². The molecule has 0 atom stereocenters. The van der Waals surface area contributed by atoms with Crippen LogP contribution in [0, 0.1) is 0 Å². The second kappa shape index (κ2) is 7.77. The van der Waals surface area contributed by atoms with Crippen molar-refractivity contribution in [1.82, 2.24) is 30.0 Å². The SMILES string of the molecule is CCOc1nc2nn(C)cc2cc1C(=O)Nc1cnc(N2CCNCC2)cn1. The number of hydrogen-bond acceptors (Lipinski definition) is 8. The number of rotatable bonds is 5. The summed E-state index contributed by atoms with van der Waals surface area (Å²) < 4.78 is 7.19. The number of carbonyl (C=O) groups is 1. The monoisotopic (exact) mass is 382 g/mol. The first-order valence-corrected chi connectivity index (χ1v) is 9.20. The minimum atomic E-state index is -0.356. The molecule has 4 rings (SSSR count). The van der Waals surface area contributed by atoms with Gasteiger partial charge in [0.2, 0.25) is 5.88 Å². The van der Waals surface area contributed by atoms with Crippen LogP contribution < -0.4 is 20.3 Å². The van der Waals surface area contributed by atoms with Gasteiger partial charge >= 0.3 is 0 Å². The van der Waals surface area contributed by atoms with E-state index in [2.05, 4.69) is 35.6 Å². The van der Waals surface area contributed by atoms with E-state index in [9.17, 15) is 4.79 Å². The van der Waals surface area contributed by atoms with Crippen molar-refractivity contribution < 1.29 is 9.53 Å². The summed E-state index contributed by atoms with van der Waals surface area (Å²) in [7, 11) is 1.80. The zero-order valence-corrected chi connectivity index (χ0v) is 15.8. The number of nitrogens with one attached hydrogen (secondary N) is 2. The number of fused-ring (bicyclic) bond motifs is 1. The highest BCUT2D eigenvalue weighted by Gasteiger charge is 2.18. The van der Waals surface area contributed by atoms with Gasteiger partial charge in [0.1, 0.15) is 11.4 Å². The molecule has 1 aliphatic rings. The molecule has 10 heteroatoms. The predicted octanol–water partition coefficient (Wildman–Crippen LogP) is 0.819. The summed E-state index contributed by atoms with van der Waals surface area (Å²) in [5, 5.41) is 11.1. The fourth-order valence-electron chi connectivity index (χ4n) is 3.09. The number of carbonyl (C=O) groups excluding carboxylic acids is 1. The van der Waals surface area contributed by atoms with E-state index in [4.69, 9.17) is 4.74 Å². The largest absolute Gasteiger partial charge is 0.477 e. The highest BCUT2D eigenvalue weighted by atomic mass is 16.5. The van der Waals surface area contributed by atoms with Gasteiger partial charge in [-0.3, -0.25) is 9.48 Å². The first-order valence-electron chi connectivity index (χ1n) is 9.20. The number of hydrogen-bond donors (Lipinski definition) is 2. The van der Waals surface area contributed by atoms with Gasteiger partial charge in [0.15, 0.2) is 11.5 Å². The second-order valence-electron chi connectivity index (χ2n) is 6.44. The van der Waals surface area contributed by atoms with Crippen LogP contribution in [0.5, 0.6) is 5.88 Å². The molecule has 0 radical (unpaired) electrons.